The molecule has 1 aromatic heterocycles. The smallest absolute Gasteiger partial charge is 0.337 e. The first-order chi connectivity index (χ1) is 8.99. The largest absolute Gasteiger partial charge is 0.478 e. The summed E-state index contributed by atoms with van der Waals surface area (Å²) in [6, 6.07) is 2.86. The number of nitrogens with zero attached hydrogens (tertiary/aromatic N) is 1. The van der Waals surface area contributed by atoms with Gasteiger partial charge in [0.15, 0.2) is 0 Å². The summed E-state index contributed by atoms with van der Waals surface area (Å²) in [5, 5.41) is 11.7. The molecule has 1 aromatic rings. The Balaban J connectivity index is 2.73. The topological polar surface area (TPSA) is 79.3 Å². The van der Waals surface area contributed by atoms with Crippen molar-refractivity contribution in [2.75, 3.05) is 6.54 Å². The van der Waals surface area contributed by atoms with E-state index in [4.69, 9.17) is 5.11 Å². The zero-order valence-corrected chi connectivity index (χ0v) is 11.6. The fourth-order valence-electron chi connectivity index (χ4n) is 1.82. The number of hydrogen-bond acceptors (Lipinski definition) is 3. The number of aromatic carboxylic acids is 1. The highest BCUT2D eigenvalue weighted by Crippen LogP contribution is 2.08. The highest BCUT2D eigenvalue weighted by atomic mass is 16.4. The van der Waals surface area contributed by atoms with Gasteiger partial charge in [-0.3, -0.25) is 4.79 Å². The molecule has 1 heterocycles. The van der Waals surface area contributed by atoms with Crippen LogP contribution in [0.25, 0.3) is 0 Å². The molecule has 0 spiro atoms. The fourth-order valence-corrected chi connectivity index (χ4v) is 1.82. The van der Waals surface area contributed by atoms with E-state index in [-0.39, 0.29) is 17.2 Å². The van der Waals surface area contributed by atoms with Crippen LogP contribution < -0.4 is 5.32 Å². The predicted molar refractivity (Wildman–Crippen MR) is 72.3 cm³/mol. The second-order valence-corrected chi connectivity index (χ2v) is 4.53. The third-order valence-electron chi connectivity index (χ3n) is 3.25. The lowest BCUT2D eigenvalue weighted by atomic mass is 10.0. The molecule has 0 saturated heterocycles. The number of nitrogens with one attached hydrogen (secondary N) is 1. The molecule has 0 aliphatic carbocycles. The minimum absolute atomic E-state index is 0.122. The van der Waals surface area contributed by atoms with Crippen molar-refractivity contribution in [1.82, 2.24) is 10.3 Å². The number of pyridine rings is 1. The number of carboxylic acid groups (broad SMARTS) is 1. The Morgan fingerprint density at radius 2 is 1.95 bits per heavy atom. The van der Waals surface area contributed by atoms with Gasteiger partial charge in [0.1, 0.15) is 5.69 Å². The lowest BCUT2D eigenvalue weighted by Gasteiger charge is -2.13. The molecule has 19 heavy (non-hydrogen) atoms. The summed E-state index contributed by atoms with van der Waals surface area (Å²) in [6.45, 7) is 6.38. The Morgan fingerprint density at radius 3 is 2.42 bits per heavy atom. The van der Waals surface area contributed by atoms with Crippen molar-refractivity contribution in [3.05, 3.63) is 29.1 Å². The monoisotopic (exact) mass is 264 g/mol. The molecule has 104 valence electrons. The van der Waals surface area contributed by atoms with E-state index in [2.05, 4.69) is 24.1 Å². The standard InChI is InChI=1S/C14H20N2O3/c1-4-10(5-2)8-15-13(17)12-7-6-11(14(18)19)9(3)16-12/h6-7,10H,4-5,8H2,1-3H3,(H,15,17)(H,18,19). The van der Waals surface area contributed by atoms with E-state index in [0.717, 1.165) is 12.8 Å². The van der Waals surface area contributed by atoms with Crippen LogP contribution in [-0.4, -0.2) is 28.5 Å². The number of carboxylic acids is 1. The van der Waals surface area contributed by atoms with Crippen LogP contribution in [0, 0.1) is 12.8 Å². The molecule has 0 aromatic carbocycles. The normalized spacial score (nSPS) is 10.5. The average Bonchev–Trinajstić information content (AvgIpc) is 2.39. The highest BCUT2D eigenvalue weighted by molar-refractivity contribution is 5.94. The lowest BCUT2D eigenvalue weighted by molar-refractivity contribution is 0.0694. The van der Waals surface area contributed by atoms with Gasteiger partial charge in [0.05, 0.1) is 11.3 Å². The molecule has 0 saturated carbocycles. The number of carbonyl (C=O) groups excluding carboxylic acids is 1. The van der Waals surface area contributed by atoms with Gasteiger partial charge in [-0.15, -0.1) is 0 Å². The van der Waals surface area contributed by atoms with E-state index < -0.39 is 5.97 Å². The van der Waals surface area contributed by atoms with Crippen LogP contribution in [0.15, 0.2) is 12.1 Å². The van der Waals surface area contributed by atoms with Gasteiger partial charge in [0, 0.05) is 6.54 Å². The summed E-state index contributed by atoms with van der Waals surface area (Å²) in [5.41, 5.74) is 0.729. The molecule has 0 aliphatic rings. The van der Waals surface area contributed by atoms with E-state index in [0.29, 0.717) is 18.2 Å². The zero-order valence-electron chi connectivity index (χ0n) is 11.6. The van der Waals surface area contributed by atoms with Crippen LogP contribution >= 0.6 is 0 Å². The van der Waals surface area contributed by atoms with Crippen LogP contribution in [0.5, 0.6) is 0 Å². The minimum atomic E-state index is -1.03. The van der Waals surface area contributed by atoms with E-state index in [1.54, 1.807) is 6.92 Å². The maximum absolute atomic E-state index is 11.9. The molecule has 5 heteroatoms. The van der Waals surface area contributed by atoms with Crippen molar-refractivity contribution in [3.63, 3.8) is 0 Å². The van der Waals surface area contributed by atoms with Crippen LogP contribution in [-0.2, 0) is 0 Å². The molecule has 0 fully saturated rings. The quantitative estimate of drug-likeness (QED) is 0.826. The minimum Gasteiger partial charge on any atom is -0.478 e. The van der Waals surface area contributed by atoms with Crippen LogP contribution in [0.1, 0.15) is 53.2 Å². The van der Waals surface area contributed by atoms with Gasteiger partial charge in [-0.25, -0.2) is 9.78 Å². The number of carbonyl (C=O) groups is 2. The molecule has 0 bridgehead atoms. The SMILES string of the molecule is CCC(CC)CNC(=O)c1ccc(C(=O)O)c(C)n1. The molecular formula is C14H20N2O3. The number of aryl methyl sites for hydroxylation is 1. The molecule has 0 radical (unpaired) electrons. The maximum atomic E-state index is 11.9. The Labute approximate surface area is 113 Å². The zero-order chi connectivity index (χ0) is 14.4. The first kappa shape index (κ1) is 15.1. The summed E-state index contributed by atoms with van der Waals surface area (Å²) in [4.78, 5) is 26.8. The Bertz CT molecular complexity index is 468. The van der Waals surface area contributed by atoms with E-state index in [9.17, 15) is 9.59 Å². The average molecular weight is 264 g/mol. The number of aromatic nitrogens is 1. The summed E-state index contributed by atoms with van der Waals surface area (Å²) in [7, 11) is 0. The number of rotatable bonds is 6. The molecule has 1 rings (SSSR count). The molecule has 5 nitrogen and oxygen atoms in total. The second-order valence-electron chi connectivity index (χ2n) is 4.53. The third-order valence-corrected chi connectivity index (χ3v) is 3.25. The first-order valence-corrected chi connectivity index (χ1v) is 6.48. The van der Waals surface area contributed by atoms with Crippen LogP contribution in [0.2, 0.25) is 0 Å². The molecule has 1 amide bonds. The van der Waals surface area contributed by atoms with Gasteiger partial charge in [-0.05, 0) is 25.0 Å². The van der Waals surface area contributed by atoms with E-state index in [1.165, 1.54) is 12.1 Å². The fraction of sp³-hybridized carbons (Fsp3) is 0.500. The van der Waals surface area contributed by atoms with Crippen molar-refractivity contribution >= 4 is 11.9 Å². The van der Waals surface area contributed by atoms with Gasteiger partial charge in [0.2, 0.25) is 0 Å². The Kier molecular flexibility index (Phi) is 5.48. The number of hydrogen-bond donors (Lipinski definition) is 2. The van der Waals surface area contributed by atoms with Gasteiger partial charge in [-0.1, -0.05) is 26.7 Å². The predicted octanol–water partition coefficient (Wildman–Crippen LogP) is 2.25. The van der Waals surface area contributed by atoms with Gasteiger partial charge in [-0.2, -0.15) is 0 Å². The van der Waals surface area contributed by atoms with E-state index >= 15 is 0 Å². The molecule has 0 unspecified atom stereocenters. The number of amides is 1. The molecule has 2 N–H and O–H groups in total. The van der Waals surface area contributed by atoms with Crippen molar-refractivity contribution in [2.45, 2.75) is 33.6 Å². The van der Waals surface area contributed by atoms with Crippen molar-refractivity contribution in [3.8, 4) is 0 Å². The maximum Gasteiger partial charge on any atom is 0.337 e. The Hall–Kier alpha value is -1.91. The summed E-state index contributed by atoms with van der Waals surface area (Å²) in [5.74, 6) is -0.829. The van der Waals surface area contributed by atoms with E-state index in [1.807, 2.05) is 0 Å². The van der Waals surface area contributed by atoms with Crippen LogP contribution in [0.4, 0.5) is 0 Å². The van der Waals surface area contributed by atoms with Crippen molar-refractivity contribution < 1.29 is 14.7 Å². The molecule has 0 aliphatic heterocycles. The van der Waals surface area contributed by atoms with Crippen LogP contribution in [0.3, 0.4) is 0 Å². The van der Waals surface area contributed by atoms with Crippen molar-refractivity contribution in [1.29, 1.82) is 0 Å². The van der Waals surface area contributed by atoms with Crippen molar-refractivity contribution in [2.24, 2.45) is 5.92 Å². The summed E-state index contributed by atoms with van der Waals surface area (Å²) in [6.07, 6.45) is 2.03. The van der Waals surface area contributed by atoms with Gasteiger partial charge < -0.3 is 10.4 Å². The lowest BCUT2D eigenvalue weighted by Crippen LogP contribution is -2.29. The molecule has 0 atom stereocenters. The first-order valence-electron chi connectivity index (χ1n) is 6.48. The summed E-state index contributed by atoms with van der Waals surface area (Å²) >= 11 is 0. The van der Waals surface area contributed by atoms with Gasteiger partial charge >= 0.3 is 5.97 Å². The Morgan fingerprint density at radius 1 is 1.32 bits per heavy atom. The third kappa shape index (κ3) is 4.05. The summed E-state index contributed by atoms with van der Waals surface area (Å²) < 4.78 is 0. The second kappa shape index (κ2) is 6.87. The highest BCUT2D eigenvalue weighted by Gasteiger charge is 2.13. The molecular weight excluding hydrogens is 244 g/mol. The van der Waals surface area contributed by atoms with Gasteiger partial charge in [0.25, 0.3) is 5.91 Å².